The highest BCUT2D eigenvalue weighted by Gasteiger charge is 2.06. The molecule has 1 rings (SSSR count). The molecular weight excluding hydrogens is 226 g/mol. The Morgan fingerprint density at radius 2 is 2.19 bits per heavy atom. The van der Waals surface area contributed by atoms with Crippen LogP contribution in [0.25, 0.3) is 0 Å². The van der Waals surface area contributed by atoms with Crippen molar-refractivity contribution in [3.8, 4) is 0 Å². The largest absolute Gasteiger partial charge is 0.351 e. The Kier molecular flexibility index (Phi) is 5.93. The van der Waals surface area contributed by atoms with Crippen LogP contribution in [0.5, 0.6) is 0 Å². The quantitative estimate of drug-likeness (QED) is 0.588. The second kappa shape index (κ2) is 7.28. The zero-order valence-electron chi connectivity index (χ0n) is 9.58. The van der Waals surface area contributed by atoms with Crippen LogP contribution in [0.1, 0.15) is 36.2 Å². The van der Waals surface area contributed by atoms with Crippen LogP contribution in [-0.2, 0) is 7.05 Å². The van der Waals surface area contributed by atoms with Crippen molar-refractivity contribution in [1.82, 2.24) is 15.1 Å². The van der Waals surface area contributed by atoms with E-state index in [1.54, 1.807) is 24.0 Å². The lowest BCUT2D eigenvalue weighted by Gasteiger charge is -2.02. The molecule has 0 saturated carbocycles. The Morgan fingerprint density at radius 1 is 1.44 bits per heavy atom. The number of carbonyl (C=O) groups is 1. The van der Waals surface area contributed by atoms with Crippen LogP contribution in [0.4, 0.5) is 0 Å². The van der Waals surface area contributed by atoms with Gasteiger partial charge >= 0.3 is 0 Å². The van der Waals surface area contributed by atoms with E-state index in [1.165, 1.54) is 0 Å². The number of rotatable bonds is 7. The summed E-state index contributed by atoms with van der Waals surface area (Å²) in [5.41, 5.74) is 0.475. The van der Waals surface area contributed by atoms with Gasteiger partial charge in [0.2, 0.25) is 0 Å². The van der Waals surface area contributed by atoms with Crippen LogP contribution < -0.4 is 5.32 Å². The molecule has 0 fully saturated rings. The second-order valence-electron chi connectivity index (χ2n) is 3.73. The van der Waals surface area contributed by atoms with E-state index in [9.17, 15) is 4.79 Å². The number of hydrogen-bond donors (Lipinski definition) is 1. The summed E-state index contributed by atoms with van der Waals surface area (Å²) in [6, 6.07) is 1.71. The van der Waals surface area contributed by atoms with E-state index in [0.29, 0.717) is 12.2 Å². The molecule has 0 aliphatic rings. The lowest BCUT2D eigenvalue weighted by Crippen LogP contribution is -2.24. The third-order valence-corrected chi connectivity index (χ3v) is 2.56. The summed E-state index contributed by atoms with van der Waals surface area (Å²) in [6.07, 6.45) is 6.04. The number of halogens is 1. The minimum Gasteiger partial charge on any atom is -0.351 e. The standard InChI is InChI=1S/C11H18ClN3O/c1-15-9-6-10(14-15)11(16)13-8-5-3-2-4-7-12/h6,9H,2-5,7-8H2,1H3,(H,13,16). The van der Waals surface area contributed by atoms with Crippen LogP contribution in [0.3, 0.4) is 0 Å². The van der Waals surface area contributed by atoms with Gasteiger partial charge in [-0.1, -0.05) is 12.8 Å². The van der Waals surface area contributed by atoms with Gasteiger partial charge in [-0.2, -0.15) is 5.10 Å². The van der Waals surface area contributed by atoms with Gasteiger partial charge in [0.1, 0.15) is 5.69 Å². The van der Waals surface area contributed by atoms with Crippen molar-refractivity contribution in [1.29, 1.82) is 0 Å². The summed E-state index contributed by atoms with van der Waals surface area (Å²) in [7, 11) is 1.79. The molecule has 16 heavy (non-hydrogen) atoms. The molecule has 4 nitrogen and oxygen atoms in total. The van der Waals surface area contributed by atoms with Crippen LogP contribution in [-0.4, -0.2) is 28.1 Å². The first-order chi connectivity index (χ1) is 7.74. The van der Waals surface area contributed by atoms with Gasteiger partial charge in [0, 0.05) is 25.7 Å². The first kappa shape index (κ1) is 13.0. The van der Waals surface area contributed by atoms with Crippen LogP contribution in [0.2, 0.25) is 0 Å². The minimum atomic E-state index is -0.0991. The summed E-state index contributed by atoms with van der Waals surface area (Å²) in [5.74, 6) is 0.623. The van der Waals surface area contributed by atoms with Crippen LogP contribution in [0.15, 0.2) is 12.3 Å². The van der Waals surface area contributed by atoms with Crippen LogP contribution >= 0.6 is 11.6 Å². The number of aryl methyl sites for hydroxylation is 1. The van der Waals surface area contributed by atoms with Crippen molar-refractivity contribution in [2.24, 2.45) is 7.05 Å². The molecule has 5 heteroatoms. The van der Waals surface area contributed by atoms with Gasteiger partial charge in [-0.15, -0.1) is 11.6 Å². The SMILES string of the molecule is Cn1ccc(C(=O)NCCCCCCCl)n1. The first-order valence-electron chi connectivity index (χ1n) is 5.58. The average Bonchev–Trinajstić information content (AvgIpc) is 2.70. The van der Waals surface area contributed by atoms with Gasteiger partial charge in [0.25, 0.3) is 5.91 Å². The maximum absolute atomic E-state index is 11.5. The predicted molar refractivity (Wildman–Crippen MR) is 64.7 cm³/mol. The Morgan fingerprint density at radius 3 is 2.81 bits per heavy atom. The number of aromatic nitrogens is 2. The molecule has 0 spiro atoms. The molecule has 0 atom stereocenters. The molecule has 0 aliphatic carbocycles. The zero-order chi connectivity index (χ0) is 11.8. The van der Waals surface area contributed by atoms with E-state index in [2.05, 4.69) is 10.4 Å². The maximum Gasteiger partial charge on any atom is 0.271 e. The Hall–Kier alpha value is -1.03. The summed E-state index contributed by atoms with van der Waals surface area (Å²) in [4.78, 5) is 11.5. The number of amides is 1. The fraction of sp³-hybridized carbons (Fsp3) is 0.636. The smallest absolute Gasteiger partial charge is 0.271 e. The van der Waals surface area contributed by atoms with Crippen molar-refractivity contribution in [2.45, 2.75) is 25.7 Å². The maximum atomic E-state index is 11.5. The number of hydrogen-bond acceptors (Lipinski definition) is 2. The van der Waals surface area contributed by atoms with Crippen molar-refractivity contribution >= 4 is 17.5 Å². The van der Waals surface area contributed by atoms with E-state index < -0.39 is 0 Å². The zero-order valence-corrected chi connectivity index (χ0v) is 10.3. The van der Waals surface area contributed by atoms with Gasteiger partial charge in [-0.3, -0.25) is 9.48 Å². The highest BCUT2D eigenvalue weighted by atomic mass is 35.5. The Labute approximate surface area is 101 Å². The molecule has 1 amide bonds. The van der Waals surface area contributed by atoms with Gasteiger partial charge < -0.3 is 5.32 Å². The molecular formula is C11H18ClN3O. The average molecular weight is 244 g/mol. The lowest BCUT2D eigenvalue weighted by atomic mass is 10.2. The molecule has 0 bridgehead atoms. The fourth-order valence-corrected chi connectivity index (χ4v) is 1.59. The lowest BCUT2D eigenvalue weighted by molar-refractivity contribution is 0.0947. The third-order valence-electron chi connectivity index (χ3n) is 2.29. The molecule has 0 aliphatic heterocycles. The van der Waals surface area contributed by atoms with Gasteiger partial charge in [-0.25, -0.2) is 0 Å². The van der Waals surface area contributed by atoms with E-state index in [1.807, 2.05) is 0 Å². The first-order valence-corrected chi connectivity index (χ1v) is 6.11. The molecule has 1 aromatic rings. The normalized spacial score (nSPS) is 10.4. The van der Waals surface area contributed by atoms with Crippen LogP contribution in [0, 0.1) is 0 Å². The molecule has 0 unspecified atom stereocenters. The van der Waals surface area contributed by atoms with Crippen molar-refractivity contribution in [2.75, 3.05) is 12.4 Å². The van der Waals surface area contributed by atoms with Gasteiger partial charge in [0.05, 0.1) is 0 Å². The topological polar surface area (TPSA) is 46.9 Å². The molecule has 0 aromatic carbocycles. The van der Waals surface area contributed by atoms with E-state index >= 15 is 0 Å². The number of nitrogens with one attached hydrogen (secondary N) is 1. The molecule has 1 aromatic heterocycles. The number of nitrogens with zero attached hydrogens (tertiary/aromatic N) is 2. The fourth-order valence-electron chi connectivity index (χ4n) is 1.40. The molecule has 1 heterocycles. The molecule has 1 N–H and O–H groups in total. The third kappa shape index (κ3) is 4.66. The number of carbonyl (C=O) groups excluding carboxylic acids is 1. The monoisotopic (exact) mass is 243 g/mol. The highest BCUT2D eigenvalue weighted by molar-refractivity contribution is 6.17. The molecule has 90 valence electrons. The highest BCUT2D eigenvalue weighted by Crippen LogP contribution is 2.00. The number of unbranched alkanes of at least 4 members (excludes halogenated alkanes) is 3. The Bertz CT molecular complexity index is 325. The van der Waals surface area contributed by atoms with E-state index in [0.717, 1.165) is 31.6 Å². The van der Waals surface area contributed by atoms with Crippen molar-refractivity contribution < 1.29 is 4.79 Å². The minimum absolute atomic E-state index is 0.0991. The summed E-state index contributed by atoms with van der Waals surface area (Å²) in [5, 5.41) is 6.87. The van der Waals surface area contributed by atoms with Gasteiger partial charge in [0.15, 0.2) is 0 Å². The predicted octanol–water partition coefficient (Wildman–Crippen LogP) is 1.95. The van der Waals surface area contributed by atoms with Gasteiger partial charge in [-0.05, 0) is 18.9 Å². The second-order valence-corrected chi connectivity index (χ2v) is 4.11. The Balaban J connectivity index is 2.11. The van der Waals surface area contributed by atoms with Crippen molar-refractivity contribution in [3.63, 3.8) is 0 Å². The van der Waals surface area contributed by atoms with E-state index in [4.69, 9.17) is 11.6 Å². The summed E-state index contributed by atoms with van der Waals surface area (Å²) in [6.45, 7) is 0.706. The molecule has 0 radical (unpaired) electrons. The summed E-state index contributed by atoms with van der Waals surface area (Å²) >= 11 is 5.57. The van der Waals surface area contributed by atoms with Crippen molar-refractivity contribution in [3.05, 3.63) is 18.0 Å². The summed E-state index contributed by atoms with van der Waals surface area (Å²) < 4.78 is 1.62. The number of alkyl halides is 1. The van der Waals surface area contributed by atoms with E-state index in [-0.39, 0.29) is 5.91 Å². The molecule has 0 saturated heterocycles.